The summed E-state index contributed by atoms with van der Waals surface area (Å²) in [5.74, 6) is 0.0562. The molecule has 4 heteroatoms. The Balaban J connectivity index is 2.22. The van der Waals surface area contributed by atoms with Gasteiger partial charge in [0.2, 0.25) is 5.88 Å². The van der Waals surface area contributed by atoms with E-state index in [1.54, 1.807) is 18.2 Å². The average molecular weight is 261 g/mol. The largest absolute Gasteiger partial charge is 0.472 e. The summed E-state index contributed by atoms with van der Waals surface area (Å²) in [6.07, 6.45) is 0. The Morgan fingerprint density at radius 1 is 1.26 bits per heavy atom. The van der Waals surface area contributed by atoms with Crippen molar-refractivity contribution in [1.82, 2.24) is 4.98 Å². The van der Waals surface area contributed by atoms with Crippen LogP contribution in [0.4, 0.5) is 4.39 Å². The molecule has 0 amide bonds. The van der Waals surface area contributed by atoms with Crippen LogP contribution in [0.15, 0.2) is 30.3 Å². The summed E-state index contributed by atoms with van der Waals surface area (Å²) in [5.41, 5.74) is 2.83. The van der Waals surface area contributed by atoms with E-state index in [2.05, 4.69) is 4.98 Å². The van der Waals surface area contributed by atoms with Gasteiger partial charge < -0.3 is 9.84 Å². The smallest absolute Gasteiger partial charge is 0.219 e. The normalized spacial score (nSPS) is 10.5. The molecule has 3 nitrogen and oxygen atoms in total. The van der Waals surface area contributed by atoms with Gasteiger partial charge in [-0.25, -0.2) is 9.37 Å². The molecule has 0 aliphatic rings. The van der Waals surface area contributed by atoms with E-state index in [-0.39, 0.29) is 19.0 Å². The number of hydrogen-bond acceptors (Lipinski definition) is 3. The summed E-state index contributed by atoms with van der Waals surface area (Å²) in [5, 5.41) is 9.35. The standard InChI is InChI=1S/C15H16FNO2/c1-10-7-11(2)17-15(13(10)8-18)19-9-12-5-3-4-6-14(12)16/h3-7,18H,8-9H2,1-2H3. The highest BCUT2D eigenvalue weighted by atomic mass is 19.1. The third-order valence-electron chi connectivity index (χ3n) is 2.92. The maximum Gasteiger partial charge on any atom is 0.219 e. The molecule has 0 aliphatic heterocycles. The SMILES string of the molecule is Cc1cc(C)c(CO)c(OCc2ccccc2F)n1. The fourth-order valence-electron chi connectivity index (χ4n) is 1.90. The second kappa shape index (κ2) is 5.80. The molecule has 2 rings (SSSR count). The molecule has 0 unspecified atom stereocenters. The van der Waals surface area contributed by atoms with Crippen LogP contribution in [0.3, 0.4) is 0 Å². The van der Waals surface area contributed by atoms with Gasteiger partial charge in [0.25, 0.3) is 0 Å². The molecule has 0 aliphatic carbocycles. The topological polar surface area (TPSA) is 42.4 Å². The highest BCUT2D eigenvalue weighted by molar-refractivity contribution is 5.35. The lowest BCUT2D eigenvalue weighted by molar-refractivity contribution is 0.249. The van der Waals surface area contributed by atoms with E-state index >= 15 is 0 Å². The van der Waals surface area contributed by atoms with Crippen molar-refractivity contribution in [2.75, 3.05) is 0 Å². The minimum atomic E-state index is -0.308. The quantitative estimate of drug-likeness (QED) is 0.920. The van der Waals surface area contributed by atoms with Crippen LogP contribution in [0.1, 0.15) is 22.4 Å². The average Bonchev–Trinajstić information content (AvgIpc) is 2.37. The van der Waals surface area contributed by atoms with E-state index in [1.165, 1.54) is 6.07 Å². The molecular formula is C15H16FNO2. The number of pyridine rings is 1. The van der Waals surface area contributed by atoms with Crippen molar-refractivity contribution in [3.63, 3.8) is 0 Å². The number of aliphatic hydroxyl groups is 1. The lowest BCUT2D eigenvalue weighted by Crippen LogP contribution is -2.05. The van der Waals surface area contributed by atoms with Gasteiger partial charge in [-0.3, -0.25) is 0 Å². The van der Waals surface area contributed by atoms with Gasteiger partial charge in [0.05, 0.1) is 6.61 Å². The van der Waals surface area contributed by atoms with Crippen molar-refractivity contribution < 1.29 is 14.2 Å². The molecule has 0 atom stereocenters. The van der Waals surface area contributed by atoms with Gasteiger partial charge in [-0.05, 0) is 31.5 Å². The number of aliphatic hydroxyl groups excluding tert-OH is 1. The van der Waals surface area contributed by atoms with E-state index in [0.717, 1.165) is 11.3 Å². The first-order valence-electron chi connectivity index (χ1n) is 6.06. The summed E-state index contributed by atoms with van der Waals surface area (Å²) in [4.78, 5) is 4.24. The number of aromatic nitrogens is 1. The first-order valence-corrected chi connectivity index (χ1v) is 6.06. The van der Waals surface area contributed by atoms with Crippen molar-refractivity contribution in [3.05, 3.63) is 58.5 Å². The van der Waals surface area contributed by atoms with Gasteiger partial charge in [-0.1, -0.05) is 18.2 Å². The lowest BCUT2D eigenvalue weighted by Gasteiger charge is -2.12. The molecule has 0 fully saturated rings. The number of halogens is 1. The molecule has 2 aromatic rings. The summed E-state index contributed by atoms with van der Waals surface area (Å²) in [6.45, 7) is 3.68. The van der Waals surface area contributed by atoms with E-state index < -0.39 is 0 Å². The van der Waals surface area contributed by atoms with Gasteiger partial charge >= 0.3 is 0 Å². The third kappa shape index (κ3) is 3.09. The van der Waals surface area contributed by atoms with E-state index in [1.807, 2.05) is 19.9 Å². The fraction of sp³-hybridized carbons (Fsp3) is 0.267. The van der Waals surface area contributed by atoms with Crippen molar-refractivity contribution in [2.45, 2.75) is 27.1 Å². The van der Waals surface area contributed by atoms with Crippen molar-refractivity contribution in [1.29, 1.82) is 0 Å². The Labute approximate surface area is 111 Å². The van der Waals surface area contributed by atoms with E-state index in [4.69, 9.17) is 4.74 Å². The Hall–Kier alpha value is -1.94. The van der Waals surface area contributed by atoms with Gasteiger partial charge in [0.1, 0.15) is 12.4 Å². The molecule has 0 radical (unpaired) electrons. The number of hydrogen-bond donors (Lipinski definition) is 1. The molecule has 100 valence electrons. The van der Waals surface area contributed by atoms with E-state index in [0.29, 0.717) is 17.0 Å². The maximum atomic E-state index is 13.5. The number of aryl methyl sites for hydroxylation is 2. The minimum absolute atomic E-state index is 0.0928. The maximum absolute atomic E-state index is 13.5. The van der Waals surface area contributed by atoms with Crippen LogP contribution in [0, 0.1) is 19.7 Å². The second-order valence-corrected chi connectivity index (χ2v) is 4.40. The highest BCUT2D eigenvalue weighted by Crippen LogP contribution is 2.22. The van der Waals surface area contributed by atoms with Gasteiger partial charge in [0, 0.05) is 16.8 Å². The highest BCUT2D eigenvalue weighted by Gasteiger charge is 2.10. The zero-order valence-electron chi connectivity index (χ0n) is 11.0. The zero-order chi connectivity index (χ0) is 13.8. The summed E-state index contributed by atoms with van der Waals surface area (Å²) < 4.78 is 19.0. The fourth-order valence-corrected chi connectivity index (χ4v) is 1.90. The third-order valence-corrected chi connectivity index (χ3v) is 2.92. The predicted octanol–water partition coefficient (Wildman–Crippen LogP) is 2.91. The first-order chi connectivity index (χ1) is 9.11. The number of ether oxygens (including phenoxy) is 1. The number of nitrogens with zero attached hydrogens (tertiary/aromatic N) is 1. The predicted molar refractivity (Wildman–Crippen MR) is 70.4 cm³/mol. The monoisotopic (exact) mass is 261 g/mol. The summed E-state index contributed by atoms with van der Waals surface area (Å²) in [7, 11) is 0. The molecule has 0 saturated carbocycles. The van der Waals surface area contributed by atoms with Gasteiger partial charge in [-0.15, -0.1) is 0 Å². The van der Waals surface area contributed by atoms with Crippen LogP contribution in [-0.2, 0) is 13.2 Å². The Bertz CT molecular complexity index is 584. The van der Waals surface area contributed by atoms with Gasteiger partial charge in [-0.2, -0.15) is 0 Å². The number of rotatable bonds is 4. The van der Waals surface area contributed by atoms with Gasteiger partial charge in [0.15, 0.2) is 0 Å². The number of benzene rings is 1. The molecule has 19 heavy (non-hydrogen) atoms. The van der Waals surface area contributed by atoms with Crippen LogP contribution in [0.2, 0.25) is 0 Å². The Morgan fingerprint density at radius 3 is 2.68 bits per heavy atom. The van der Waals surface area contributed by atoms with Crippen molar-refractivity contribution in [3.8, 4) is 5.88 Å². The Kier molecular flexibility index (Phi) is 4.12. The minimum Gasteiger partial charge on any atom is -0.472 e. The molecule has 1 N–H and O–H groups in total. The lowest BCUT2D eigenvalue weighted by atomic mass is 10.1. The van der Waals surface area contributed by atoms with Crippen LogP contribution < -0.4 is 4.74 Å². The molecule has 1 heterocycles. The molecule has 1 aromatic heterocycles. The molecule has 0 saturated heterocycles. The van der Waals surface area contributed by atoms with Crippen LogP contribution in [0.25, 0.3) is 0 Å². The summed E-state index contributed by atoms with van der Waals surface area (Å²) in [6, 6.07) is 8.31. The van der Waals surface area contributed by atoms with Crippen LogP contribution in [-0.4, -0.2) is 10.1 Å². The van der Waals surface area contributed by atoms with Crippen LogP contribution >= 0.6 is 0 Å². The zero-order valence-corrected chi connectivity index (χ0v) is 11.0. The van der Waals surface area contributed by atoms with Crippen molar-refractivity contribution in [2.24, 2.45) is 0 Å². The Morgan fingerprint density at radius 2 is 2.00 bits per heavy atom. The summed E-state index contributed by atoms with van der Waals surface area (Å²) >= 11 is 0. The van der Waals surface area contributed by atoms with E-state index in [9.17, 15) is 9.50 Å². The van der Waals surface area contributed by atoms with Crippen LogP contribution in [0.5, 0.6) is 5.88 Å². The molecule has 1 aromatic carbocycles. The first kappa shape index (κ1) is 13.5. The molecule has 0 spiro atoms. The second-order valence-electron chi connectivity index (χ2n) is 4.40. The molecular weight excluding hydrogens is 245 g/mol. The van der Waals surface area contributed by atoms with Crippen molar-refractivity contribution >= 4 is 0 Å². The molecule has 0 bridgehead atoms.